The smallest absolute Gasteiger partial charge is 0.229 e. The molecule has 0 aliphatic rings. The number of rotatable bonds is 5. The van der Waals surface area contributed by atoms with Crippen LogP contribution in [0.5, 0.6) is 5.75 Å². The Bertz CT molecular complexity index is 898. The first-order chi connectivity index (χ1) is 12.0. The Morgan fingerprint density at radius 3 is 2.44 bits per heavy atom. The summed E-state index contributed by atoms with van der Waals surface area (Å²) in [5, 5.41) is 6.51. The van der Waals surface area contributed by atoms with E-state index in [0.29, 0.717) is 11.8 Å². The molecule has 0 atom stereocenters. The zero-order chi connectivity index (χ0) is 17.8. The second-order valence-electron chi connectivity index (χ2n) is 5.70. The van der Waals surface area contributed by atoms with Crippen LogP contribution in [0.3, 0.4) is 0 Å². The summed E-state index contributed by atoms with van der Waals surface area (Å²) in [4.78, 5) is 8.81. The van der Waals surface area contributed by atoms with Crippen molar-refractivity contribution in [2.24, 2.45) is 0 Å². The largest absolute Gasteiger partial charge is 0.495 e. The first kappa shape index (κ1) is 17.2. The lowest BCUT2D eigenvalue weighted by Gasteiger charge is -2.13. The minimum atomic E-state index is 0.515. The molecule has 6 heteroatoms. The Labute approximate surface area is 155 Å². The van der Waals surface area contributed by atoms with Crippen molar-refractivity contribution in [3.8, 4) is 5.75 Å². The van der Waals surface area contributed by atoms with Crippen molar-refractivity contribution in [2.45, 2.75) is 13.8 Å². The second kappa shape index (κ2) is 7.53. The van der Waals surface area contributed by atoms with Crippen LogP contribution in [0.4, 0.5) is 23.1 Å². The van der Waals surface area contributed by atoms with Crippen LogP contribution in [-0.4, -0.2) is 17.1 Å². The summed E-state index contributed by atoms with van der Waals surface area (Å²) in [6.07, 6.45) is 1.71. The van der Waals surface area contributed by atoms with E-state index < -0.39 is 0 Å². The van der Waals surface area contributed by atoms with E-state index >= 15 is 0 Å². The van der Waals surface area contributed by atoms with Crippen LogP contribution in [-0.2, 0) is 0 Å². The van der Waals surface area contributed by atoms with Crippen molar-refractivity contribution in [3.63, 3.8) is 0 Å². The highest BCUT2D eigenvalue weighted by molar-refractivity contribution is 9.10. The lowest BCUT2D eigenvalue weighted by Crippen LogP contribution is -2.02. The summed E-state index contributed by atoms with van der Waals surface area (Å²) >= 11 is 3.55. The number of halogens is 1. The number of hydrogen-bond acceptors (Lipinski definition) is 5. The third-order valence-corrected chi connectivity index (χ3v) is 4.30. The number of aryl methyl sites for hydroxylation is 2. The number of benzene rings is 2. The molecular formula is C19H19BrN4O. The molecule has 1 aromatic heterocycles. The third-order valence-electron chi connectivity index (χ3n) is 3.64. The van der Waals surface area contributed by atoms with Crippen LogP contribution in [0.2, 0.25) is 0 Å². The topological polar surface area (TPSA) is 59.1 Å². The fraction of sp³-hybridized carbons (Fsp3) is 0.158. The molecule has 1 heterocycles. The molecule has 0 spiro atoms. The van der Waals surface area contributed by atoms with Gasteiger partial charge in [-0.2, -0.15) is 4.98 Å². The number of nitrogens with zero attached hydrogens (tertiary/aromatic N) is 2. The molecule has 25 heavy (non-hydrogen) atoms. The Kier molecular flexibility index (Phi) is 5.19. The van der Waals surface area contributed by atoms with E-state index in [9.17, 15) is 0 Å². The van der Waals surface area contributed by atoms with E-state index in [-0.39, 0.29) is 0 Å². The molecule has 0 bridgehead atoms. The average molecular weight is 399 g/mol. The molecule has 128 valence electrons. The minimum Gasteiger partial charge on any atom is -0.495 e. The van der Waals surface area contributed by atoms with Gasteiger partial charge >= 0.3 is 0 Å². The normalized spacial score (nSPS) is 10.4. The predicted molar refractivity (Wildman–Crippen MR) is 105 cm³/mol. The first-order valence-electron chi connectivity index (χ1n) is 7.83. The first-order valence-corrected chi connectivity index (χ1v) is 8.62. The number of nitrogens with one attached hydrogen (secondary N) is 2. The molecule has 0 saturated heterocycles. The van der Waals surface area contributed by atoms with Crippen molar-refractivity contribution in [2.75, 3.05) is 17.7 Å². The van der Waals surface area contributed by atoms with E-state index in [1.807, 2.05) is 56.3 Å². The predicted octanol–water partition coefficient (Wildman–Crippen LogP) is 5.35. The van der Waals surface area contributed by atoms with E-state index in [1.54, 1.807) is 13.3 Å². The highest BCUT2D eigenvalue weighted by Crippen LogP contribution is 2.29. The highest BCUT2D eigenvalue weighted by Gasteiger charge is 2.07. The minimum absolute atomic E-state index is 0.515. The van der Waals surface area contributed by atoms with Crippen molar-refractivity contribution < 1.29 is 4.74 Å². The number of ether oxygens (including phenoxy) is 1. The van der Waals surface area contributed by atoms with Crippen molar-refractivity contribution in [1.29, 1.82) is 0 Å². The Morgan fingerprint density at radius 1 is 0.920 bits per heavy atom. The fourth-order valence-corrected chi connectivity index (χ4v) is 2.98. The van der Waals surface area contributed by atoms with Gasteiger partial charge in [0.25, 0.3) is 0 Å². The molecule has 2 aromatic carbocycles. The van der Waals surface area contributed by atoms with Crippen molar-refractivity contribution in [3.05, 3.63) is 64.3 Å². The molecule has 0 radical (unpaired) electrons. The molecule has 3 rings (SSSR count). The van der Waals surface area contributed by atoms with Crippen molar-refractivity contribution >= 4 is 39.1 Å². The fourth-order valence-electron chi connectivity index (χ4n) is 2.39. The molecular weight excluding hydrogens is 380 g/mol. The molecule has 0 aliphatic carbocycles. The summed E-state index contributed by atoms with van der Waals surface area (Å²) in [5.41, 5.74) is 4.10. The molecule has 0 aliphatic heterocycles. The molecule has 0 amide bonds. The molecule has 3 aromatic rings. The third kappa shape index (κ3) is 4.28. The molecule has 0 unspecified atom stereocenters. The van der Waals surface area contributed by atoms with Gasteiger partial charge in [0.15, 0.2) is 0 Å². The van der Waals surface area contributed by atoms with Gasteiger partial charge in [-0.1, -0.05) is 12.1 Å². The average Bonchev–Trinajstić information content (AvgIpc) is 2.58. The molecule has 5 nitrogen and oxygen atoms in total. The van der Waals surface area contributed by atoms with Crippen LogP contribution in [0.15, 0.2) is 53.1 Å². The monoisotopic (exact) mass is 398 g/mol. The Hall–Kier alpha value is -2.60. The van der Waals surface area contributed by atoms with E-state index in [4.69, 9.17) is 4.74 Å². The Balaban J connectivity index is 1.83. The summed E-state index contributed by atoms with van der Waals surface area (Å²) in [6.45, 7) is 4.08. The number of methoxy groups -OCH3 is 1. The van der Waals surface area contributed by atoms with Gasteiger partial charge in [0, 0.05) is 10.7 Å². The standard InChI is InChI=1S/C19H19BrN4O/c1-12-4-6-15(14(20)10-12)23-19-21-9-8-18(24-19)22-16-11-13(2)5-7-17(16)25-3/h4-11H,1-3H3,(H2,21,22,23,24). The highest BCUT2D eigenvalue weighted by atomic mass is 79.9. The SMILES string of the molecule is COc1ccc(C)cc1Nc1ccnc(Nc2ccc(C)cc2Br)n1. The van der Waals surface area contributed by atoms with E-state index in [0.717, 1.165) is 27.2 Å². The van der Waals surface area contributed by atoms with E-state index in [2.05, 4.69) is 36.5 Å². The summed E-state index contributed by atoms with van der Waals surface area (Å²) in [7, 11) is 1.65. The summed E-state index contributed by atoms with van der Waals surface area (Å²) in [6, 6.07) is 13.8. The lowest BCUT2D eigenvalue weighted by molar-refractivity contribution is 0.416. The number of hydrogen-bond donors (Lipinski definition) is 2. The van der Waals surface area contributed by atoms with Gasteiger partial charge < -0.3 is 15.4 Å². The summed E-state index contributed by atoms with van der Waals surface area (Å²) < 4.78 is 6.37. The summed E-state index contributed by atoms with van der Waals surface area (Å²) in [5.74, 6) is 1.96. The van der Waals surface area contributed by atoms with Crippen LogP contribution in [0.1, 0.15) is 11.1 Å². The van der Waals surface area contributed by atoms with Gasteiger partial charge in [0.1, 0.15) is 11.6 Å². The van der Waals surface area contributed by atoms with Gasteiger partial charge in [0.2, 0.25) is 5.95 Å². The van der Waals surface area contributed by atoms with Gasteiger partial charge in [-0.3, -0.25) is 0 Å². The van der Waals surface area contributed by atoms with E-state index in [1.165, 1.54) is 5.56 Å². The second-order valence-corrected chi connectivity index (χ2v) is 6.56. The lowest BCUT2D eigenvalue weighted by atomic mass is 10.2. The molecule has 0 saturated carbocycles. The maximum absolute atomic E-state index is 5.40. The van der Waals surface area contributed by atoms with Crippen molar-refractivity contribution in [1.82, 2.24) is 9.97 Å². The van der Waals surface area contributed by atoms with Crippen LogP contribution < -0.4 is 15.4 Å². The zero-order valence-corrected chi connectivity index (χ0v) is 15.9. The van der Waals surface area contributed by atoms with Gasteiger partial charge in [-0.05, 0) is 71.2 Å². The van der Waals surface area contributed by atoms with Crippen LogP contribution >= 0.6 is 15.9 Å². The molecule has 0 fully saturated rings. The molecule has 2 N–H and O–H groups in total. The Morgan fingerprint density at radius 2 is 1.68 bits per heavy atom. The quantitative estimate of drug-likeness (QED) is 0.606. The van der Waals surface area contributed by atoms with Crippen LogP contribution in [0.25, 0.3) is 0 Å². The van der Waals surface area contributed by atoms with Crippen LogP contribution in [0, 0.1) is 13.8 Å². The van der Waals surface area contributed by atoms with Gasteiger partial charge in [-0.15, -0.1) is 0 Å². The van der Waals surface area contributed by atoms with Gasteiger partial charge in [-0.25, -0.2) is 4.98 Å². The number of aromatic nitrogens is 2. The van der Waals surface area contributed by atoms with Gasteiger partial charge in [0.05, 0.1) is 18.5 Å². The maximum Gasteiger partial charge on any atom is 0.229 e. The maximum atomic E-state index is 5.40. The zero-order valence-electron chi connectivity index (χ0n) is 14.3. The number of anilines is 4.